The van der Waals surface area contributed by atoms with Gasteiger partial charge in [0.2, 0.25) is 0 Å². The van der Waals surface area contributed by atoms with E-state index >= 15 is 0 Å². The minimum Gasteiger partial charge on any atom is -0.309 e. The molecule has 5 heteroatoms. The Hall–Kier alpha value is 0.400. The zero-order chi connectivity index (χ0) is 13.9. The molecule has 0 amide bonds. The summed E-state index contributed by atoms with van der Waals surface area (Å²) in [4.78, 5) is 0. The van der Waals surface area contributed by atoms with Crippen LogP contribution in [0.4, 0.5) is 0 Å². The fraction of sp³-hybridized carbons (Fsp3) is 0.538. The lowest BCUT2D eigenvalue weighted by atomic mass is 10.1. The lowest BCUT2D eigenvalue weighted by Gasteiger charge is -2.26. The summed E-state index contributed by atoms with van der Waals surface area (Å²) in [6, 6.07) is 3.84. The molecule has 0 radical (unpaired) electrons. The Bertz CT molecular complexity index is 421. The third-order valence-electron chi connectivity index (χ3n) is 2.92. The van der Waals surface area contributed by atoms with Gasteiger partial charge in [-0.3, -0.25) is 0 Å². The van der Waals surface area contributed by atoms with Gasteiger partial charge in [-0.25, -0.2) is 0 Å². The fourth-order valence-corrected chi connectivity index (χ4v) is 2.39. The zero-order valence-corrected chi connectivity index (χ0v) is 14.1. The molecule has 0 spiro atoms. The number of hydrogen-bond acceptors (Lipinski definition) is 2. The molecule has 0 aliphatic carbocycles. The SMILES string of the molecule is CSC(C)(C)CNC(C)c1ccc(Cl)c(Cl)c1Cl. The van der Waals surface area contributed by atoms with Crippen LogP contribution in [0.5, 0.6) is 0 Å². The normalized spacial score (nSPS) is 13.7. The van der Waals surface area contributed by atoms with Crippen LogP contribution in [0.2, 0.25) is 15.1 Å². The summed E-state index contributed by atoms with van der Waals surface area (Å²) < 4.78 is 0.191. The Morgan fingerprint density at radius 1 is 1.22 bits per heavy atom. The van der Waals surface area contributed by atoms with Crippen molar-refractivity contribution in [1.82, 2.24) is 5.32 Å². The van der Waals surface area contributed by atoms with Gasteiger partial charge in [-0.05, 0) is 38.7 Å². The predicted molar refractivity (Wildman–Crippen MR) is 85.5 cm³/mol. The van der Waals surface area contributed by atoms with Crippen molar-refractivity contribution in [2.75, 3.05) is 12.8 Å². The van der Waals surface area contributed by atoms with E-state index in [0.29, 0.717) is 15.1 Å². The average Bonchev–Trinajstić information content (AvgIpc) is 2.33. The van der Waals surface area contributed by atoms with Crippen LogP contribution in [0, 0.1) is 0 Å². The second-order valence-corrected chi connectivity index (χ2v) is 7.51. The third kappa shape index (κ3) is 4.21. The van der Waals surface area contributed by atoms with E-state index < -0.39 is 0 Å². The van der Waals surface area contributed by atoms with Crippen LogP contribution >= 0.6 is 46.6 Å². The number of halogens is 3. The second kappa shape index (κ2) is 6.71. The molecule has 1 unspecified atom stereocenters. The summed E-state index contributed by atoms with van der Waals surface area (Å²) in [5, 5.41) is 4.92. The van der Waals surface area contributed by atoms with E-state index in [0.717, 1.165) is 12.1 Å². The first-order chi connectivity index (χ1) is 8.28. The Morgan fingerprint density at radius 3 is 2.39 bits per heavy atom. The van der Waals surface area contributed by atoms with Crippen LogP contribution in [-0.2, 0) is 0 Å². The smallest absolute Gasteiger partial charge is 0.0781 e. The van der Waals surface area contributed by atoms with E-state index in [-0.39, 0.29) is 10.8 Å². The van der Waals surface area contributed by atoms with E-state index in [1.807, 2.05) is 17.8 Å². The van der Waals surface area contributed by atoms with Crippen LogP contribution < -0.4 is 5.32 Å². The zero-order valence-electron chi connectivity index (χ0n) is 11.0. The minimum absolute atomic E-state index is 0.138. The predicted octanol–water partition coefficient (Wildman–Crippen LogP) is 5.44. The maximum Gasteiger partial charge on any atom is 0.0781 e. The summed E-state index contributed by atoms with van der Waals surface area (Å²) in [6.07, 6.45) is 2.11. The van der Waals surface area contributed by atoms with Crippen molar-refractivity contribution in [3.63, 3.8) is 0 Å². The van der Waals surface area contributed by atoms with Crippen molar-refractivity contribution in [2.45, 2.75) is 31.6 Å². The monoisotopic (exact) mass is 325 g/mol. The second-order valence-electron chi connectivity index (χ2n) is 4.83. The van der Waals surface area contributed by atoms with E-state index in [1.54, 1.807) is 6.07 Å². The van der Waals surface area contributed by atoms with Crippen LogP contribution in [0.3, 0.4) is 0 Å². The number of nitrogens with one attached hydrogen (secondary N) is 1. The van der Waals surface area contributed by atoms with Gasteiger partial charge in [0.25, 0.3) is 0 Å². The van der Waals surface area contributed by atoms with Crippen LogP contribution in [0.25, 0.3) is 0 Å². The molecule has 0 saturated carbocycles. The number of hydrogen-bond donors (Lipinski definition) is 1. The van der Waals surface area contributed by atoms with Gasteiger partial charge >= 0.3 is 0 Å². The molecule has 0 heterocycles. The molecule has 0 aliphatic rings. The van der Waals surface area contributed by atoms with Crippen LogP contribution in [-0.4, -0.2) is 17.5 Å². The first kappa shape index (κ1) is 16.5. The molecule has 0 fully saturated rings. The molecular formula is C13H18Cl3NS. The molecule has 1 aromatic rings. The molecule has 102 valence electrons. The largest absolute Gasteiger partial charge is 0.309 e. The standard InChI is InChI=1S/C13H18Cl3NS/c1-8(17-7-13(2,3)18-4)9-5-6-10(14)12(16)11(9)15/h5-6,8,17H,7H2,1-4H3. The summed E-state index contributed by atoms with van der Waals surface area (Å²) in [6.45, 7) is 7.37. The van der Waals surface area contributed by atoms with Gasteiger partial charge in [0.15, 0.2) is 0 Å². The summed E-state index contributed by atoms with van der Waals surface area (Å²) in [5.41, 5.74) is 0.975. The van der Waals surface area contributed by atoms with Crippen molar-refractivity contribution in [2.24, 2.45) is 0 Å². The van der Waals surface area contributed by atoms with Crippen molar-refractivity contribution < 1.29 is 0 Å². The fourth-order valence-electron chi connectivity index (χ4n) is 1.46. The molecule has 0 bridgehead atoms. The summed E-state index contributed by atoms with van der Waals surface area (Å²) in [7, 11) is 0. The summed E-state index contributed by atoms with van der Waals surface area (Å²) >= 11 is 20.0. The molecule has 1 nitrogen and oxygen atoms in total. The Balaban J connectivity index is 2.79. The Labute approximate surface area is 129 Å². The lowest BCUT2D eigenvalue weighted by molar-refractivity contribution is 0.523. The van der Waals surface area contributed by atoms with Crippen molar-refractivity contribution >= 4 is 46.6 Å². The molecule has 1 N–H and O–H groups in total. The van der Waals surface area contributed by atoms with Crippen molar-refractivity contribution in [3.05, 3.63) is 32.8 Å². The molecular weight excluding hydrogens is 309 g/mol. The quantitative estimate of drug-likeness (QED) is 0.723. The molecule has 1 rings (SSSR count). The van der Waals surface area contributed by atoms with Gasteiger partial charge < -0.3 is 5.32 Å². The Kier molecular flexibility index (Phi) is 6.14. The molecule has 1 aromatic carbocycles. The third-order valence-corrected chi connectivity index (χ3v) is 5.48. The molecule has 0 aliphatic heterocycles. The maximum absolute atomic E-state index is 6.22. The van der Waals surface area contributed by atoms with Gasteiger partial charge in [0.1, 0.15) is 0 Å². The van der Waals surface area contributed by atoms with Crippen LogP contribution in [0.1, 0.15) is 32.4 Å². The highest BCUT2D eigenvalue weighted by atomic mass is 35.5. The van der Waals surface area contributed by atoms with Crippen molar-refractivity contribution in [3.8, 4) is 0 Å². The number of benzene rings is 1. The minimum atomic E-state index is 0.138. The first-order valence-electron chi connectivity index (χ1n) is 5.70. The van der Waals surface area contributed by atoms with Gasteiger partial charge in [-0.15, -0.1) is 0 Å². The van der Waals surface area contributed by atoms with Crippen molar-refractivity contribution in [1.29, 1.82) is 0 Å². The maximum atomic E-state index is 6.22. The van der Waals surface area contributed by atoms with Gasteiger partial charge in [-0.2, -0.15) is 11.8 Å². The molecule has 1 atom stereocenters. The van der Waals surface area contributed by atoms with Crippen LogP contribution in [0.15, 0.2) is 12.1 Å². The van der Waals surface area contributed by atoms with E-state index in [4.69, 9.17) is 34.8 Å². The summed E-state index contributed by atoms with van der Waals surface area (Å²) in [5.74, 6) is 0. The van der Waals surface area contributed by atoms with E-state index in [1.165, 1.54) is 0 Å². The molecule has 18 heavy (non-hydrogen) atoms. The van der Waals surface area contributed by atoms with E-state index in [2.05, 4.69) is 32.3 Å². The van der Waals surface area contributed by atoms with Gasteiger partial charge in [-0.1, -0.05) is 40.9 Å². The number of thioether (sulfide) groups is 1. The topological polar surface area (TPSA) is 12.0 Å². The van der Waals surface area contributed by atoms with Gasteiger partial charge in [0.05, 0.1) is 15.1 Å². The molecule has 0 aromatic heterocycles. The Morgan fingerprint density at radius 2 is 1.83 bits per heavy atom. The number of rotatable bonds is 5. The van der Waals surface area contributed by atoms with E-state index in [9.17, 15) is 0 Å². The highest BCUT2D eigenvalue weighted by Gasteiger charge is 2.19. The highest BCUT2D eigenvalue weighted by Crippen LogP contribution is 2.35. The van der Waals surface area contributed by atoms with Gasteiger partial charge in [0, 0.05) is 17.3 Å². The first-order valence-corrected chi connectivity index (χ1v) is 8.06. The highest BCUT2D eigenvalue weighted by molar-refractivity contribution is 7.99. The lowest BCUT2D eigenvalue weighted by Crippen LogP contribution is -2.33. The average molecular weight is 327 g/mol. The molecule has 0 saturated heterocycles.